The van der Waals surface area contributed by atoms with Crippen molar-refractivity contribution in [3.05, 3.63) is 115 Å². The molecule has 0 aromatic heterocycles. The van der Waals surface area contributed by atoms with E-state index in [4.69, 9.17) is 19.7 Å². The summed E-state index contributed by atoms with van der Waals surface area (Å²) in [4.78, 5) is 2.22. The summed E-state index contributed by atoms with van der Waals surface area (Å²) in [5.41, 5.74) is 5.28. The van der Waals surface area contributed by atoms with E-state index in [0.717, 1.165) is 39.7 Å². The first-order valence-electron chi connectivity index (χ1n) is 12.3. The second-order valence-corrected chi connectivity index (χ2v) is 8.58. The van der Waals surface area contributed by atoms with Crippen LogP contribution in [0.2, 0.25) is 0 Å². The molecule has 5 rings (SSSR count). The summed E-state index contributed by atoms with van der Waals surface area (Å²) in [5.74, 6) is 1.46. The number of aliphatic hydroxyl groups excluding tert-OH is 2. The van der Waals surface area contributed by atoms with Crippen LogP contribution in [0.1, 0.15) is 0 Å². The summed E-state index contributed by atoms with van der Waals surface area (Å²) in [6.07, 6.45) is 0. The van der Waals surface area contributed by atoms with Gasteiger partial charge in [0, 0.05) is 17.1 Å². The maximum atomic E-state index is 9.06. The summed E-state index contributed by atoms with van der Waals surface area (Å²) >= 11 is 0. The van der Waals surface area contributed by atoms with Crippen LogP contribution < -0.4 is 14.4 Å². The lowest BCUT2D eigenvalue weighted by atomic mass is 10.0. The Hall–Kier alpha value is -4.32. The highest BCUT2D eigenvalue weighted by Gasteiger charge is 2.14. The molecule has 37 heavy (non-hydrogen) atoms. The predicted molar refractivity (Wildman–Crippen MR) is 149 cm³/mol. The van der Waals surface area contributed by atoms with E-state index < -0.39 is 0 Å². The first-order valence-corrected chi connectivity index (χ1v) is 12.3. The topological polar surface area (TPSA) is 62.2 Å². The fourth-order valence-electron chi connectivity index (χ4n) is 4.33. The van der Waals surface area contributed by atoms with Crippen LogP contribution in [0.5, 0.6) is 11.5 Å². The minimum Gasteiger partial charge on any atom is -0.491 e. The number of rotatable bonds is 10. The Morgan fingerprint density at radius 3 is 1.51 bits per heavy atom. The zero-order valence-electron chi connectivity index (χ0n) is 20.5. The predicted octanol–water partition coefficient (Wildman–Crippen LogP) is 6.72. The number of aliphatic hydroxyl groups is 2. The van der Waals surface area contributed by atoms with Crippen molar-refractivity contribution in [3.63, 3.8) is 0 Å². The maximum Gasteiger partial charge on any atom is 0.119 e. The van der Waals surface area contributed by atoms with Crippen LogP contribution in [0.15, 0.2) is 115 Å². The summed E-state index contributed by atoms with van der Waals surface area (Å²) in [5, 5.41) is 20.4. The van der Waals surface area contributed by atoms with Crippen molar-refractivity contribution < 1.29 is 19.7 Å². The second kappa shape index (κ2) is 11.6. The SMILES string of the molecule is OCCOc1ccc(-c2ccc(N(c3ccc(OCCO)cc3)c3ccc4ccccc4c3)cc2)cc1. The van der Waals surface area contributed by atoms with Gasteiger partial charge in [-0.2, -0.15) is 0 Å². The van der Waals surface area contributed by atoms with Gasteiger partial charge < -0.3 is 24.6 Å². The van der Waals surface area contributed by atoms with Crippen molar-refractivity contribution in [2.75, 3.05) is 31.3 Å². The van der Waals surface area contributed by atoms with Gasteiger partial charge in [-0.3, -0.25) is 0 Å². The Balaban J connectivity index is 1.48. The standard InChI is InChI=1S/C32H29NO4/c34-19-21-36-31-15-8-26(9-16-31)25-5-10-28(11-6-25)33(29-13-17-32(18-14-29)37-22-20-35)30-12-7-24-3-1-2-4-27(24)23-30/h1-18,23,34-35H,19-22H2. The molecule has 5 heteroatoms. The van der Waals surface area contributed by atoms with Crippen LogP contribution in [-0.4, -0.2) is 36.6 Å². The molecule has 0 aliphatic rings. The molecule has 0 saturated carbocycles. The molecule has 0 radical (unpaired) electrons. The molecule has 5 aromatic carbocycles. The third-order valence-corrected chi connectivity index (χ3v) is 6.12. The Kier molecular flexibility index (Phi) is 7.65. The lowest BCUT2D eigenvalue weighted by Crippen LogP contribution is -2.10. The summed E-state index contributed by atoms with van der Waals surface area (Å²) in [6, 6.07) is 39.1. The molecule has 0 amide bonds. The van der Waals surface area contributed by atoms with Crippen molar-refractivity contribution in [1.82, 2.24) is 0 Å². The quantitative estimate of drug-likeness (QED) is 0.227. The molecule has 5 aromatic rings. The fourth-order valence-corrected chi connectivity index (χ4v) is 4.33. The van der Waals surface area contributed by atoms with Crippen LogP contribution in [0, 0.1) is 0 Å². The van der Waals surface area contributed by atoms with Crippen molar-refractivity contribution >= 4 is 27.8 Å². The molecule has 0 unspecified atom stereocenters. The van der Waals surface area contributed by atoms with E-state index >= 15 is 0 Å². The molecule has 2 N–H and O–H groups in total. The average Bonchev–Trinajstić information content (AvgIpc) is 2.96. The zero-order chi connectivity index (χ0) is 25.5. The van der Waals surface area contributed by atoms with Gasteiger partial charge >= 0.3 is 0 Å². The van der Waals surface area contributed by atoms with E-state index in [-0.39, 0.29) is 26.4 Å². The van der Waals surface area contributed by atoms with Crippen LogP contribution in [0.3, 0.4) is 0 Å². The Labute approximate surface area is 216 Å². The van der Waals surface area contributed by atoms with Crippen LogP contribution in [0.4, 0.5) is 17.1 Å². The third-order valence-electron chi connectivity index (χ3n) is 6.12. The van der Waals surface area contributed by atoms with E-state index in [1.54, 1.807) is 0 Å². The molecule has 0 aliphatic heterocycles. The highest BCUT2D eigenvalue weighted by atomic mass is 16.5. The van der Waals surface area contributed by atoms with E-state index in [1.807, 2.05) is 48.5 Å². The molecule has 0 atom stereocenters. The number of ether oxygens (including phenoxy) is 2. The van der Waals surface area contributed by atoms with Gasteiger partial charge in [0.05, 0.1) is 13.2 Å². The van der Waals surface area contributed by atoms with Crippen LogP contribution >= 0.6 is 0 Å². The molecule has 0 fully saturated rings. The van der Waals surface area contributed by atoms with E-state index in [1.165, 1.54) is 10.8 Å². The van der Waals surface area contributed by atoms with Crippen molar-refractivity contribution in [2.45, 2.75) is 0 Å². The first-order chi connectivity index (χ1) is 18.2. The van der Waals surface area contributed by atoms with Gasteiger partial charge in [-0.25, -0.2) is 0 Å². The Bertz CT molecular complexity index is 1430. The maximum absolute atomic E-state index is 9.06. The smallest absolute Gasteiger partial charge is 0.119 e. The van der Waals surface area contributed by atoms with Crippen LogP contribution in [-0.2, 0) is 0 Å². The largest absolute Gasteiger partial charge is 0.491 e. The molecule has 0 spiro atoms. The van der Waals surface area contributed by atoms with Crippen molar-refractivity contribution in [3.8, 4) is 22.6 Å². The van der Waals surface area contributed by atoms with E-state index in [9.17, 15) is 0 Å². The fraction of sp³-hybridized carbons (Fsp3) is 0.125. The van der Waals surface area contributed by atoms with Gasteiger partial charge in [0.25, 0.3) is 0 Å². The van der Waals surface area contributed by atoms with Crippen LogP contribution in [0.25, 0.3) is 21.9 Å². The molecule has 0 bridgehead atoms. The first kappa shape index (κ1) is 24.4. The normalized spacial score (nSPS) is 10.9. The third kappa shape index (κ3) is 5.75. The number of nitrogens with zero attached hydrogens (tertiary/aromatic N) is 1. The summed E-state index contributed by atoms with van der Waals surface area (Å²) in [6.45, 7) is 0.530. The van der Waals surface area contributed by atoms with E-state index in [0.29, 0.717) is 0 Å². The lowest BCUT2D eigenvalue weighted by molar-refractivity contribution is 0.201. The van der Waals surface area contributed by atoms with E-state index in [2.05, 4.69) is 71.6 Å². The summed E-state index contributed by atoms with van der Waals surface area (Å²) in [7, 11) is 0. The minimum absolute atomic E-state index is 0.00463. The number of fused-ring (bicyclic) bond motifs is 1. The zero-order valence-corrected chi connectivity index (χ0v) is 20.5. The summed E-state index contributed by atoms with van der Waals surface area (Å²) < 4.78 is 11.0. The minimum atomic E-state index is -0.0181. The van der Waals surface area contributed by atoms with Gasteiger partial charge in [-0.1, -0.05) is 54.6 Å². The highest BCUT2D eigenvalue weighted by molar-refractivity contribution is 5.89. The number of hydrogen-bond donors (Lipinski definition) is 2. The highest BCUT2D eigenvalue weighted by Crippen LogP contribution is 2.37. The Morgan fingerprint density at radius 1 is 0.486 bits per heavy atom. The molecule has 0 aliphatic carbocycles. The molecule has 0 saturated heterocycles. The van der Waals surface area contributed by atoms with Crippen molar-refractivity contribution in [2.24, 2.45) is 0 Å². The molecular weight excluding hydrogens is 462 g/mol. The molecule has 186 valence electrons. The van der Waals surface area contributed by atoms with Gasteiger partial charge in [0.15, 0.2) is 0 Å². The molecular formula is C32H29NO4. The van der Waals surface area contributed by atoms with Gasteiger partial charge in [-0.05, 0) is 82.6 Å². The van der Waals surface area contributed by atoms with Crippen molar-refractivity contribution in [1.29, 1.82) is 0 Å². The number of benzene rings is 5. The number of anilines is 3. The number of hydrogen-bond acceptors (Lipinski definition) is 5. The monoisotopic (exact) mass is 491 g/mol. The average molecular weight is 492 g/mol. The lowest BCUT2D eigenvalue weighted by Gasteiger charge is -2.26. The van der Waals surface area contributed by atoms with Gasteiger partial charge in [0.1, 0.15) is 24.7 Å². The van der Waals surface area contributed by atoms with Gasteiger partial charge in [0.2, 0.25) is 0 Å². The van der Waals surface area contributed by atoms with Gasteiger partial charge in [-0.15, -0.1) is 0 Å². The second-order valence-electron chi connectivity index (χ2n) is 8.58. The molecule has 5 nitrogen and oxygen atoms in total. The Morgan fingerprint density at radius 2 is 0.946 bits per heavy atom. The molecule has 0 heterocycles.